The Hall–Kier alpha value is -1.91. The number of benzene rings is 1. The Labute approximate surface area is 84.9 Å². The highest BCUT2D eigenvalue weighted by Gasteiger charge is 2.10. The van der Waals surface area contributed by atoms with Gasteiger partial charge in [0.05, 0.1) is 5.69 Å². The number of rotatable bonds is 1. The summed E-state index contributed by atoms with van der Waals surface area (Å²) in [5, 5.41) is 6.45. The molecule has 0 amide bonds. The summed E-state index contributed by atoms with van der Waals surface area (Å²) < 4.78 is 25.7. The van der Waals surface area contributed by atoms with E-state index in [1.807, 2.05) is 0 Å². The van der Waals surface area contributed by atoms with Crippen LogP contribution in [0.5, 0.6) is 0 Å². The lowest BCUT2D eigenvalue weighted by atomic mass is 10.1. The zero-order valence-corrected chi connectivity index (χ0v) is 8.01. The van der Waals surface area contributed by atoms with Crippen molar-refractivity contribution >= 4 is 5.82 Å². The van der Waals surface area contributed by atoms with Crippen molar-refractivity contribution in [2.75, 3.05) is 5.73 Å². The summed E-state index contributed by atoms with van der Waals surface area (Å²) >= 11 is 0. The highest BCUT2D eigenvalue weighted by molar-refractivity contribution is 5.67. The van der Waals surface area contributed by atoms with E-state index in [0.717, 1.165) is 17.7 Å². The van der Waals surface area contributed by atoms with E-state index in [0.29, 0.717) is 17.1 Å². The van der Waals surface area contributed by atoms with Gasteiger partial charge < -0.3 is 5.73 Å². The van der Waals surface area contributed by atoms with Gasteiger partial charge in [-0.05, 0) is 25.1 Å². The molecule has 3 nitrogen and oxygen atoms in total. The van der Waals surface area contributed by atoms with Gasteiger partial charge in [-0.1, -0.05) is 0 Å². The van der Waals surface area contributed by atoms with Crippen LogP contribution in [-0.4, -0.2) is 10.2 Å². The average molecular weight is 209 g/mol. The first-order chi connectivity index (χ1) is 7.09. The molecule has 1 heterocycles. The third-order valence-corrected chi connectivity index (χ3v) is 2.26. The molecule has 3 N–H and O–H groups in total. The largest absolute Gasteiger partial charge is 0.382 e. The van der Waals surface area contributed by atoms with Crippen molar-refractivity contribution in [1.82, 2.24) is 10.2 Å². The number of nitrogens with one attached hydrogen (secondary N) is 1. The number of aromatic nitrogens is 2. The molecule has 0 saturated carbocycles. The van der Waals surface area contributed by atoms with Crippen LogP contribution in [0.2, 0.25) is 0 Å². The summed E-state index contributed by atoms with van der Waals surface area (Å²) in [5.41, 5.74) is 7.39. The Morgan fingerprint density at radius 3 is 2.53 bits per heavy atom. The summed E-state index contributed by atoms with van der Waals surface area (Å²) in [5.74, 6) is -1.40. The predicted octanol–water partition coefficient (Wildman–Crippen LogP) is 2.25. The number of aromatic amines is 1. The topological polar surface area (TPSA) is 54.7 Å². The van der Waals surface area contributed by atoms with Gasteiger partial charge in [0.2, 0.25) is 0 Å². The molecule has 2 rings (SSSR count). The molecule has 0 aliphatic rings. The van der Waals surface area contributed by atoms with Crippen LogP contribution in [-0.2, 0) is 0 Å². The van der Waals surface area contributed by atoms with E-state index in [2.05, 4.69) is 10.2 Å². The maximum atomic E-state index is 13.0. The van der Waals surface area contributed by atoms with Gasteiger partial charge in [-0.25, -0.2) is 8.78 Å². The first-order valence-electron chi connectivity index (χ1n) is 4.35. The van der Waals surface area contributed by atoms with Gasteiger partial charge in [-0.15, -0.1) is 0 Å². The molecule has 0 saturated heterocycles. The van der Waals surface area contributed by atoms with Crippen molar-refractivity contribution in [3.05, 3.63) is 35.4 Å². The van der Waals surface area contributed by atoms with Gasteiger partial charge in [-0.3, -0.25) is 5.10 Å². The lowest BCUT2D eigenvalue weighted by molar-refractivity contribution is 0.509. The fraction of sp³-hybridized carbons (Fsp3) is 0.100. The number of H-pyrrole nitrogens is 1. The van der Waals surface area contributed by atoms with Crippen molar-refractivity contribution in [1.29, 1.82) is 0 Å². The first-order valence-corrected chi connectivity index (χ1v) is 4.35. The highest BCUT2D eigenvalue weighted by Crippen LogP contribution is 2.25. The van der Waals surface area contributed by atoms with Crippen molar-refractivity contribution in [3.63, 3.8) is 0 Å². The summed E-state index contributed by atoms with van der Waals surface area (Å²) in [6.07, 6.45) is 0. The average Bonchev–Trinajstić information content (AvgIpc) is 2.53. The summed E-state index contributed by atoms with van der Waals surface area (Å²) in [6.45, 7) is 1.76. The minimum atomic E-state index is -0.889. The van der Waals surface area contributed by atoms with Crippen LogP contribution in [0.4, 0.5) is 14.6 Å². The molecular weight excluding hydrogens is 200 g/mol. The van der Waals surface area contributed by atoms with Crippen LogP contribution in [0.15, 0.2) is 18.2 Å². The summed E-state index contributed by atoms with van der Waals surface area (Å²) in [4.78, 5) is 0. The van der Waals surface area contributed by atoms with Gasteiger partial charge >= 0.3 is 0 Å². The zero-order valence-electron chi connectivity index (χ0n) is 8.01. The number of hydrogen-bond donors (Lipinski definition) is 2. The second-order valence-corrected chi connectivity index (χ2v) is 3.24. The molecule has 0 unspecified atom stereocenters. The third-order valence-electron chi connectivity index (χ3n) is 2.26. The second-order valence-electron chi connectivity index (χ2n) is 3.24. The molecule has 0 aliphatic heterocycles. The van der Waals surface area contributed by atoms with Gasteiger partial charge in [0.15, 0.2) is 11.6 Å². The molecule has 1 aromatic heterocycles. The molecule has 1 aromatic carbocycles. The Morgan fingerprint density at radius 1 is 1.27 bits per heavy atom. The van der Waals surface area contributed by atoms with Crippen LogP contribution in [0.1, 0.15) is 5.56 Å². The van der Waals surface area contributed by atoms with E-state index in [4.69, 9.17) is 5.73 Å². The molecule has 0 spiro atoms. The lowest BCUT2D eigenvalue weighted by Gasteiger charge is -2.00. The van der Waals surface area contributed by atoms with Crippen molar-refractivity contribution < 1.29 is 8.78 Å². The zero-order chi connectivity index (χ0) is 11.0. The minimum Gasteiger partial charge on any atom is -0.382 e. The van der Waals surface area contributed by atoms with Gasteiger partial charge in [0.25, 0.3) is 0 Å². The van der Waals surface area contributed by atoms with Crippen LogP contribution in [0, 0.1) is 18.6 Å². The number of nitrogens with two attached hydrogens (primary N) is 1. The van der Waals surface area contributed by atoms with Gasteiger partial charge in [0, 0.05) is 11.1 Å². The third kappa shape index (κ3) is 1.56. The molecule has 2 aromatic rings. The first kappa shape index (κ1) is 9.64. The Balaban J connectivity index is 2.55. The van der Waals surface area contributed by atoms with E-state index >= 15 is 0 Å². The van der Waals surface area contributed by atoms with Crippen molar-refractivity contribution in [2.45, 2.75) is 6.92 Å². The highest BCUT2D eigenvalue weighted by atomic mass is 19.2. The quantitative estimate of drug-likeness (QED) is 0.756. The standard InChI is InChI=1S/C10H9F2N3/c1-5-9(14-15-10(5)13)6-2-3-7(11)8(12)4-6/h2-4H,1H3,(H3,13,14,15). The number of halogens is 2. The van der Waals surface area contributed by atoms with Crippen molar-refractivity contribution in [3.8, 4) is 11.3 Å². The van der Waals surface area contributed by atoms with E-state index < -0.39 is 11.6 Å². The Morgan fingerprint density at radius 2 is 2.00 bits per heavy atom. The Kier molecular flexibility index (Phi) is 2.15. The van der Waals surface area contributed by atoms with Crippen molar-refractivity contribution in [2.24, 2.45) is 0 Å². The maximum absolute atomic E-state index is 13.0. The fourth-order valence-corrected chi connectivity index (χ4v) is 1.34. The van der Waals surface area contributed by atoms with Gasteiger partial charge in [0.1, 0.15) is 5.82 Å². The summed E-state index contributed by atoms with van der Waals surface area (Å²) in [7, 11) is 0. The number of nitrogen functional groups attached to an aromatic ring is 1. The van der Waals surface area contributed by atoms with Crippen LogP contribution >= 0.6 is 0 Å². The Bertz CT molecular complexity index is 505. The number of hydrogen-bond acceptors (Lipinski definition) is 2. The number of nitrogens with zero attached hydrogens (tertiary/aromatic N) is 1. The molecule has 0 aliphatic carbocycles. The maximum Gasteiger partial charge on any atom is 0.159 e. The molecule has 0 atom stereocenters. The van der Waals surface area contributed by atoms with Crippen LogP contribution < -0.4 is 5.73 Å². The van der Waals surface area contributed by atoms with E-state index in [1.54, 1.807) is 6.92 Å². The minimum absolute atomic E-state index is 0.356. The molecule has 0 fully saturated rings. The van der Waals surface area contributed by atoms with Gasteiger partial charge in [-0.2, -0.15) is 5.10 Å². The SMILES string of the molecule is Cc1c(N)n[nH]c1-c1ccc(F)c(F)c1. The molecular formula is C10H9F2N3. The molecule has 0 bridgehead atoms. The normalized spacial score (nSPS) is 10.6. The van der Waals surface area contributed by atoms with E-state index in [1.165, 1.54) is 6.07 Å². The fourth-order valence-electron chi connectivity index (χ4n) is 1.34. The van der Waals surface area contributed by atoms with E-state index in [9.17, 15) is 8.78 Å². The monoisotopic (exact) mass is 209 g/mol. The second kappa shape index (κ2) is 3.34. The predicted molar refractivity (Wildman–Crippen MR) is 53.1 cm³/mol. The lowest BCUT2D eigenvalue weighted by Crippen LogP contribution is -1.88. The van der Waals surface area contributed by atoms with E-state index in [-0.39, 0.29) is 0 Å². The van der Waals surface area contributed by atoms with Crippen LogP contribution in [0.25, 0.3) is 11.3 Å². The smallest absolute Gasteiger partial charge is 0.159 e. The molecule has 5 heteroatoms. The molecule has 0 radical (unpaired) electrons. The molecule has 15 heavy (non-hydrogen) atoms. The number of anilines is 1. The summed E-state index contributed by atoms with van der Waals surface area (Å²) in [6, 6.07) is 3.65. The van der Waals surface area contributed by atoms with Crippen LogP contribution in [0.3, 0.4) is 0 Å². The molecule has 78 valence electrons.